The van der Waals surface area contributed by atoms with Crippen LogP contribution >= 0.6 is 0 Å². The standard InChI is InChI=1S/C22H17F4NO/c1-28-15-6-7-16-13(11-15)9-10-27(22-19(25)3-2-4-20(22)26)21(16)17-12-14(23)5-8-18(17)24/h2-8,11-12,21H,9-10H2,1H3/t21-/m1/s1. The fraction of sp³-hybridized carbons (Fsp3) is 0.182. The molecule has 2 nitrogen and oxygen atoms in total. The van der Waals surface area contributed by atoms with Crippen LogP contribution in [0.3, 0.4) is 0 Å². The summed E-state index contributed by atoms with van der Waals surface area (Å²) in [7, 11) is 1.54. The van der Waals surface area contributed by atoms with E-state index in [-0.39, 0.29) is 17.8 Å². The molecule has 144 valence electrons. The molecule has 0 spiro atoms. The van der Waals surface area contributed by atoms with Gasteiger partial charge in [-0.25, -0.2) is 17.6 Å². The molecule has 28 heavy (non-hydrogen) atoms. The molecule has 0 fully saturated rings. The number of fused-ring (bicyclic) bond motifs is 1. The lowest BCUT2D eigenvalue weighted by Crippen LogP contribution is -2.38. The van der Waals surface area contributed by atoms with Crippen LogP contribution in [0, 0.1) is 23.3 Å². The molecule has 4 rings (SSSR count). The van der Waals surface area contributed by atoms with Crippen molar-refractivity contribution in [1.29, 1.82) is 0 Å². The van der Waals surface area contributed by atoms with E-state index in [2.05, 4.69) is 0 Å². The van der Waals surface area contributed by atoms with Gasteiger partial charge < -0.3 is 9.64 Å². The highest BCUT2D eigenvalue weighted by Gasteiger charge is 2.34. The zero-order chi connectivity index (χ0) is 19.8. The van der Waals surface area contributed by atoms with E-state index in [0.29, 0.717) is 17.7 Å². The van der Waals surface area contributed by atoms with Gasteiger partial charge in [-0.15, -0.1) is 0 Å². The Morgan fingerprint density at radius 3 is 2.32 bits per heavy atom. The van der Waals surface area contributed by atoms with Crippen molar-refractivity contribution in [2.75, 3.05) is 18.6 Å². The molecule has 0 N–H and O–H groups in total. The van der Waals surface area contributed by atoms with Crippen molar-refractivity contribution in [2.24, 2.45) is 0 Å². The first-order chi connectivity index (χ1) is 13.5. The third kappa shape index (κ3) is 3.09. The van der Waals surface area contributed by atoms with Gasteiger partial charge in [0, 0.05) is 12.1 Å². The Morgan fingerprint density at radius 1 is 0.857 bits per heavy atom. The molecule has 6 heteroatoms. The summed E-state index contributed by atoms with van der Waals surface area (Å²) in [6.07, 6.45) is 0.480. The second-order valence-corrected chi connectivity index (χ2v) is 6.65. The van der Waals surface area contributed by atoms with Crippen molar-refractivity contribution >= 4 is 5.69 Å². The highest BCUT2D eigenvalue weighted by molar-refractivity contribution is 5.58. The van der Waals surface area contributed by atoms with Gasteiger partial charge in [0.05, 0.1) is 13.2 Å². The zero-order valence-corrected chi connectivity index (χ0v) is 15.1. The summed E-state index contributed by atoms with van der Waals surface area (Å²) >= 11 is 0. The van der Waals surface area contributed by atoms with E-state index in [1.54, 1.807) is 12.1 Å². The minimum absolute atomic E-state index is 0.0220. The van der Waals surface area contributed by atoms with Crippen LogP contribution < -0.4 is 9.64 Å². The summed E-state index contributed by atoms with van der Waals surface area (Å²) in [6, 6.07) is 11.1. The molecule has 3 aromatic rings. The molecule has 3 aromatic carbocycles. The fourth-order valence-corrected chi connectivity index (χ4v) is 3.79. The summed E-state index contributed by atoms with van der Waals surface area (Å²) in [5.74, 6) is -2.14. The number of rotatable bonds is 3. The van der Waals surface area contributed by atoms with Crippen LogP contribution in [0.4, 0.5) is 23.2 Å². The molecule has 0 aromatic heterocycles. The van der Waals surface area contributed by atoms with Crippen LogP contribution in [-0.4, -0.2) is 13.7 Å². The molecule has 0 saturated heterocycles. The van der Waals surface area contributed by atoms with Crippen LogP contribution in [0.25, 0.3) is 0 Å². The number of methoxy groups -OCH3 is 1. The van der Waals surface area contributed by atoms with Crippen LogP contribution in [0.2, 0.25) is 0 Å². The van der Waals surface area contributed by atoms with Crippen molar-refractivity contribution < 1.29 is 22.3 Å². The van der Waals surface area contributed by atoms with E-state index in [4.69, 9.17) is 4.74 Å². The largest absolute Gasteiger partial charge is 0.497 e. The Kier molecular flexibility index (Phi) is 4.71. The molecule has 0 saturated carbocycles. The second kappa shape index (κ2) is 7.19. The normalized spacial score (nSPS) is 16.0. The highest BCUT2D eigenvalue weighted by atomic mass is 19.1. The van der Waals surface area contributed by atoms with Crippen LogP contribution in [0.5, 0.6) is 5.75 Å². The molecule has 0 amide bonds. The third-order valence-electron chi connectivity index (χ3n) is 5.06. The monoisotopic (exact) mass is 387 g/mol. The van der Waals surface area contributed by atoms with E-state index < -0.39 is 29.3 Å². The Morgan fingerprint density at radius 2 is 1.61 bits per heavy atom. The Balaban J connectivity index is 1.95. The number of ether oxygens (including phenoxy) is 1. The first-order valence-electron chi connectivity index (χ1n) is 8.82. The average molecular weight is 387 g/mol. The number of hydrogen-bond acceptors (Lipinski definition) is 2. The molecule has 0 aliphatic carbocycles. The first kappa shape index (κ1) is 18.3. The maximum Gasteiger partial charge on any atom is 0.149 e. The summed E-state index contributed by atoms with van der Waals surface area (Å²) in [5, 5.41) is 0. The van der Waals surface area contributed by atoms with Crippen molar-refractivity contribution in [1.82, 2.24) is 0 Å². The number of anilines is 1. The number of nitrogens with zero attached hydrogens (tertiary/aromatic N) is 1. The topological polar surface area (TPSA) is 12.5 Å². The number of halogens is 4. The van der Waals surface area contributed by atoms with Gasteiger partial charge in [-0.1, -0.05) is 12.1 Å². The summed E-state index contributed by atoms with van der Waals surface area (Å²) in [5.41, 5.74) is 1.28. The van der Waals surface area contributed by atoms with E-state index in [0.717, 1.165) is 35.9 Å². The third-order valence-corrected chi connectivity index (χ3v) is 5.06. The van der Waals surface area contributed by atoms with Crippen molar-refractivity contribution in [3.63, 3.8) is 0 Å². The average Bonchev–Trinajstić information content (AvgIpc) is 2.69. The SMILES string of the molecule is COc1ccc2c(c1)CCN(c1c(F)cccc1F)[C@H]2c1cc(F)ccc1F. The lowest BCUT2D eigenvalue weighted by molar-refractivity contribution is 0.413. The predicted octanol–water partition coefficient (Wildman–Crippen LogP) is 5.40. The summed E-state index contributed by atoms with van der Waals surface area (Å²) in [6.45, 7) is 0.235. The van der Waals surface area contributed by atoms with Gasteiger partial charge >= 0.3 is 0 Å². The maximum atomic E-state index is 14.7. The van der Waals surface area contributed by atoms with Gasteiger partial charge in [0.15, 0.2) is 0 Å². The van der Waals surface area contributed by atoms with Gasteiger partial charge in [-0.2, -0.15) is 0 Å². The molecular weight excluding hydrogens is 370 g/mol. The molecular formula is C22H17F4NO. The van der Waals surface area contributed by atoms with Crippen molar-refractivity contribution in [3.8, 4) is 5.75 Å². The van der Waals surface area contributed by atoms with E-state index in [1.165, 1.54) is 18.1 Å². The molecule has 0 bridgehead atoms. The number of benzene rings is 3. The molecule has 1 heterocycles. The van der Waals surface area contributed by atoms with Crippen molar-refractivity contribution in [2.45, 2.75) is 12.5 Å². The Labute approximate surface area is 160 Å². The van der Waals surface area contributed by atoms with E-state index in [9.17, 15) is 17.6 Å². The van der Waals surface area contributed by atoms with Crippen molar-refractivity contribution in [3.05, 3.63) is 94.6 Å². The van der Waals surface area contributed by atoms with Crippen LogP contribution in [0.1, 0.15) is 22.7 Å². The molecule has 0 unspecified atom stereocenters. The Bertz CT molecular complexity index is 1020. The minimum Gasteiger partial charge on any atom is -0.497 e. The molecule has 0 radical (unpaired) electrons. The van der Waals surface area contributed by atoms with Gasteiger partial charge in [-0.05, 0) is 60.0 Å². The quantitative estimate of drug-likeness (QED) is 0.558. The Hall–Kier alpha value is -3.02. The fourth-order valence-electron chi connectivity index (χ4n) is 3.79. The van der Waals surface area contributed by atoms with Gasteiger partial charge in [0.25, 0.3) is 0 Å². The van der Waals surface area contributed by atoms with Gasteiger partial charge in [0.2, 0.25) is 0 Å². The predicted molar refractivity (Wildman–Crippen MR) is 98.6 cm³/mol. The van der Waals surface area contributed by atoms with Crippen LogP contribution in [0.15, 0.2) is 54.6 Å². The molecule has 1 aliphatic heterocycles. The van der Waals surface area contributed by atoms with E-state index >= 15 is 0 Å². The summed E-state index contributed by atoms with van der Waals surface area (Å²) < 4.78 is 62.9. The van der Waals surface area contributed by atoms with Gasteiger partial charge in [0.1, 0.15) is 34.7 Å². The molecule has 1 aliphatic rings. The number of hydrogen-bond donors (Lipinski definition) is 0. The smallest absolute Gasteiger partial charge is 0.149 e. The lowest BCUT2D eigenvalue weighted by atomic mass is 9.87. The lowest BCUT2D eigenvalue weighted by Gasteiger charge is -2.39. The second-order valence-electron chi connectivity index (χ2n) is 6.65. The van der Waals surface area contributed by atoms with E-state index in [1.807, 2.05) is 6.07 Å². The summed E-state index contributed by atoms with van der Waals surface area (Å²) in [4.78, 5) is 1.46. The molecule has 1 atom stereocenters. The highest BCUT2D eigenvalue weighted by Crippen LogP contribution is 2.42. The van der Waals surface area contributed by atoms with Gasteiger partial charge in [-0.3, -0.25) is 0 Å². The maximum absolute atomic E-state index is 14.7. The minimum atomic E-state index is -0.878. The number of para-hydroxylation sites is 1. The first-order valence-corrected chi connectivity index (χ1v) is 8.82. The zero-order valence-electron chi connectivity index (χ0n) is 15.1. The van der Waals surface area contributed by atoms with Crippen LogP contribution in [-0.2, 0) is 6.42 Å².